The Hall–Kier alpha value is -4.57. The van der Waals surface area contributed by atoms with Gasteiger partial charge in [0.05, 0.1) is 16.7 Å². The molecular formula is C21H15N3O7. The average molecular weight is 421 g/mol. The quantitative estimate of drug-likeness (QED) is 0.212. The van der Waals surface area contributed by atoms with Crippen molar-refractivity contribution in [3.05, 3.63) is 54.6 Å². The Labute approximate surface area is 174 Å². The van der Waals surface area contributed by atoms with Gasteiger partial charge in [-0.3, -0.25) is 0 Å². The summed E-state index contributed by atoms with van der Waals surface area (Å²) in [7, 11) is 0. The van der Waals surface area contributed by atoms with Crippen LogP contribution in [0.1, 0.15) is 0 Å². The molecule has 10 nitrogen and oxygen atoms in total. The van der Waals surface area contributed by atoms with Crippen LogP contribution in [0, 0.1) is 0 Å². The number of benzene rings is 3. The number of phenolic OH excluding ortho intramolecular Hbond substituents is 5. The summed E-state index contributed by atoms with van der Waals surface area (Å²) in [5.74, 6) is -1.27. The molecule has 31 heavy (non-hydrogen) atoms. The minimum absolute atomic E-state index is 0.00754. The molecule has 156 valence electrons. The van der Waals surface area contributed by atoms with Crippen molar-refractivity contribution in [3.63, 3.8) is 0 Å². The van der Waals surface area contributed by atoms with Gasteiger partial charge in [0.25, 0.3) is 0 Å². The summed E-state index contributed by atoms with van der Waals surface area (Å²) in [6.07, 6.45) is 0. The van der Waals surface area contributed by atoms with Crippen LogP contribution in [0.2, 0.25) is 0 Å². The Morgan fingerprint density at radius 1 is 0.516 bits per heavy atom. The highest BCUT2D eigenvalue weighted by molar-refractivity contribution is 5.74. The third kappa shape index (κ3) is 3.82. The van der Waals surface area contributed by atoms with E-state index in [0.717, 1.165) is 18.2 Å². The molecule has 4 rings (SSSR count). The lowest BCUT2D eigenvalue weighted by Crippen LogP contribution is -2.01. The van der Waals surface area contributed by atoms with Crippen LogP contribution < -0.4 is 4.89 Å². The first-order chi connectivity index (χ1) is 14.9. The van der Waals surface area contributed by atoms with Gasteiger partial charge in [0, 0.05) is 18.2 Å². The average Bonchev–Trinajstić information content (AvgIpc) is 2.73. The molecule has 0 amide bonds. The summed E-state index contributed by atoms with van der Waals surface area (Å²) in [4.78, 5) is 17.0. The van der Waals surface area contributed by atoms with E-state index in [4.69, 9.17) is 5.26 Å². The first-order valence-electron chi connectivity index (χ1n) is 8.81. The van der Waals surface area contributed by atoms with Crippen molar-refractivity contribution in [1.82, 2.24) is 15.0 Å². The molecule has 0 spiro atoms. The molecular weight excluding hydrogens is 406 g/mol. The predicted molar refractivity (Wildman–Crippen MR) is 108 cm³/mol. The Bertz CT molecular complexity index is 1220. The molecule has 10 heteroatoms. The zero-order valence-electron chi connectivity index (χ0n) is 15.6. The largest absolute Gasteiger partial charge is 0.508 e. The Morgan fingerprint density at radius 3 is 1.26 bits per heavy atom. The fourth-order valence-corrected chi connectivity index (χ4v) is 2.91. The van der Waals surface area contributed by atoms with Gasteiger partial charge >= 0.3 is 0 Å². The summed E-state index contributed by atoms with van der Waals surface area (Å²) in [5.41, 5.74) is 0.480. The molecule has 0 fully saturated rings. The summed E-state index contributed by atoms with van der Waals surface area (Å²) in [6, 6.07) is 11.6. The van der Waals surface area contributed by atoms with Crippen LogP contribution in [-0.2, 0) is 0 Å². The first-order valence-corrected chi connectivity index (χ1v) is 8.81. The second-order valence-electron chi connectivity index (χ2n) is 6.48. The van der Waals surface area contributed by atoms with Gasteiger partial charge in [0.15, 0.2) is 23.2 Å². The molecule has 0 bridgehead atoms. The van der Waals surface area contributed by atoms with E-state index < -0.39 is 0 Å². The van der Waals surface area contributed by atoms with Crippen molar-refractivity contribution < 1.29 is 35.7 Å². The first kappa shape index (κ1) is 19.7. The van der Waals surface area contributed by atoms with Gasteiger partial charge in [-0.15, -0.1) is 0 Å². The van der Waals surface area contributed by atoms with Crippen LogP contribution in [0.15, 0.2) is 54.6 Å². The van der Waals surface area contributed by atoms with Crippen molar-refractivity contribution in [3.8, 4) is 68.7 Å². The zero-order valence-corrected chi connectivity index (χ0v) is 15.6. The highest BCUT2D eigenvalue weighted by Crippen LogP contribution is 2.37. The molecule has 1 heterocycles. The molecule has 0 atom stereocenters. The number of aromatic hydroxyl groups is 5. The van der Waals surface area contributed by atoms with Crippen molar-refractivity contribution in [1.29, 1.82) is 0 Å². The SMILES string of the molecule is OOc1ccc(-c2nc(-c3ccc(O)cc3O)nc(-c3ccc(O)cc3O)n2)c(O)c1. The maximum absolute atomic E-state index is 10.3. The smallest absolute Gasteiger partial charge is 0.168 e. The molecule has 6 N–H and O–H groups in total. The molecule has 0 unspecified atom stereocenters. The molecule has 3 aromatic carbocycles. The molecule has 0 radical (unpaired) electrons. The summed E-state index contributed by atoms with van der Waals surface area (Å²) < 4.78 is 0. The fraction of sp³-hybridized carbons (Fsp3) is 0. The van der Waals surface area contributed by atoms with E-state index in [-0.39, 0.29) is 68.7 Å². The number of hydrogen-bond donors (Lipinski definition) is 6. The molecule has 4 aromatic rings. The number of phenols is 5. The Balaban J connectivity index is 1.96. The molecule has 1 aromatic heterocycles. The van der Waals surface area contributed by atoms with E-state index in [1.54, 1.807) is 0 Å². The Kier molecular flexibility index (Phi) is 4.89. The molecule has 0 aliphatic heterocycles. The van der Waals surface area contributed by atoms with Crippen molar-refractivity contribution in [2.45, 2.75) is 0 Å². The highest BCUT2D eigenvalue weighted by atomic mass is 17.1. The second kappa shape index (κ2) is 7.69. The normalized spacial score (nSPS) is 10.7. The maximum atomic E-state index is 10.3. The van der Waals surface area contributed by atoms with Crippen LogP contribution in [-0.4, -0.2) is 45.7 Å². The monoisotopic (exact) mass is 421 g/mol. The minimum Gasteiger partial charge on any atom is -0.508 e. The van der Waals surface area contributed by atoms with Crippen molar-refractivity contribution in [2.75, 3.05) is 0 Å². The third-order valence-corrected chi connectivity index (χ3v) is 4.40. The van der Waals surface area contributed by atoms with Crippen LogP contribution in [0.25, 0.3) is 34.2 Å². The molecule has 0 saturated carbocycles. The number of rotatable bonds is 4. The summed E-state index contributed by atoms with van der Waals surface area (Å²) in [5, 5.41) is 58.7. The van der Waals surface area contributed by atoms with Crippen molar-refractivity contribution >= 4 is 0 Å². The lowest BCUT2D eigenvalue weighted by molar-refractivity contribution is -0.137. The van der Waals surface area contributed by atoms with Gasteiger partial charge in [-0.2, -0.15) is 0 Å². The van der Waals surface area contributed by atoms with E-state index in [2.05, 4.69) is 19.8 Å². The van der Waals surface area contributed by atoms with Crippen LogP contribution >= 0.6 is 0 Å². The second-order valence-corrected chi connectivity index (χ2v) is 6.48. The summed E-state index contributed by atoms with van der Waals surface area (Å²) >= 11 is 0. The number of hydrogen-bond acceptors (Lipinski definition) is 10. The van der Waals surface area contributed by atoms with Crippen LogP contribution in [0.4, 0.5) is 0 Å². The Morgan fingerprint density at radius 2 is 0.903 bits per heavy atom. The van der Waals surface area contributed by atoms with Crippen LogP contribution in [0.5, 0.6) is 34.5 Å². The van der Waals surface area contributed by atoms with Gasteiger partial charge in [0.2, 0.25) is 0 Å². The zero-order chi connectivity index (χ0) is 22.1. The van der Waals surface area contributed by atoms with Gasteiger partial charge < -0.3 is 30.4 Å². The maximum Gasteiger partial charge on any atom is 0.168 e. The molecule has 0 aliphatic rings. The summed E-state index contributed by atoms with van der Waals surface area (Å²) in [6.45, 7) is 0. The van der Waals surface area contributed by atoms with E-state index in [1.807, 2.05) is 0 Å². The van der Waals surface area contributed by atoms with E-state index in [1.165, 1.54) is 36.4 Å². The van der Waals surface area contributed by atoms with E-state index >= 15 is 0 Å². The third-order valence-electron chi connectivity index (χ3n) is 4.40. The number of aromatic nitrogens is 3. The fourth-order valence-electron chi connectivity index (χ4n) is 2.91. The van der Waals surface area contributed by atoms with E-state index in [0.29, 0.717) is 0 Å². The predicted octanol–water partition coefficient (Wildman–Crippen LogP) is 3.25. The van der Waals surface area contributed by atoms with Gasteiger partial charge in [-0.05, 0) is 36.4 Å². The lowest BCUT2D eigenvalue weighted by Gasteiger charge is -2.11. The van der Waals surface area contributed by atoms with Crippen molar-refractivity contribution in [2.24, 2.45) is 0 Å². The topological polar surface area (TPSA) is 169 Å². The standard InChI is InChI=1S/C21H15N3O7/c25-10-1-4-13(16(27)7-10)19-22-20(14-5-2-11(26)8-17(14)28)24-21(23-19)15-6-3-12(31-30)9-18(15)29/h1-9,25-30H. The minimum atomic E-state index is -0.306. The molecule has 0 saturated heterocycles. The van der Waals surface area contributed by atoms with Gasteiger partial charge in [0.1, 0.15) is 28.7 Å². The van der Waals surface area contributed by atoms with Crippen LogP contribution in [0.3, 0.4) is 0 Å². The van der Waals surface area contributed by atoms with E-state index in [9.17, 15) is 25.5 Å². The lowest BCUT2D eigenvalue weighted by atomic mass is 10.1. The highest BCUT2D eigenvalue weighted by Gasteiger charge is 2.19. The van der Waals surface area contributed by atoms with Gasteiger partial charge in [-0.25, -0.2) is 20.2 Å². The van der Waals surface area contributed by atoms with Gasteiger partial charge in [-0.1, -0.05) is 0 Å². The number of nitrogens with zero attached hydrogens (tertiary/aromatic N) is 3. The molecule has 0 aliphatic carbocycles.